The van der Waals surface area contributed by atoms with Gasteiger partial charge in [0.25, 0.3) is 0 Å². The van der Waals surface area contributed by atoms with Crippen LogP contribution in [0.4, 0.5) is 5.69 Å². The van der Waals surface area contributed by atoms with E-state index in [2.05, 4.69) is 5.32 Å². The lowest BCUT2D eigenvalue weighted by atomic mass is 9.46. The lowest BCUT2D eigenvalue weighted by molar-refractivity contribution is -0.222. The molecule has 3 unspecified atom stereocenters. The number of benzene rings is 1. The summed E-state index contributed by atoms with van der Waals surface area (Å²) in [6.07, 6.45) is 1.90. The fraction of sp³-hybridized carbons (Fsp3) is 0.562. The van der Waals surface area contributed by atoms with Crippen LogP contribution in [0.1, 0.15) is 26.7 Å². The predicted molar refractivity (Wildman–Crippen MR) is 88.3 cm³/mol. The van der Waals surface area contributed by atoms with Gasteiger partial charge < -0.3 is 15.8 Å². The highest BCUT2D eigenvalue weighted by atomic mass is 35.5. The van der Waals surface area contributed by atoms with Crippen LogP contribution in [0.15, 0.2) is 18.2 Å². The van der Waals surface area contributed by atoms with E-state index in [1.807, 2.05) is 13.8 Å². The fourth-order valence-corrected chi connectivity index (χ4v) is 4.14. The second-order valence-corrected chi connectivity index (χ2v) is 7.53. The third-order valence-corrected chi connectivity index (χ3v) is 5.98. The molecule has 1 aromatic rings. The van der Waals surface area contributed by atoms with Gasteiger partial charge in [0, 0.05) is 23.6 Å². The molecule has 1 saturated heterocycles. The number of ether oxygens (including phenoxy) is 1. The molecule has 0 radical (unpaired) electrons. The SMILES string of the molecule is CC1(C)C2OCCCC2C1(N)C(=O)Nc1ccc(Cl)c(Cl)c1. The number of rotatable bonds is 2. The zero-order chi connectivity index (χ0) is 16.1. The van der Waals surface area contributed by atoms with Crippen LogP contribution in [-0.4, -0.2) is 24.2 Å². The zero-order valence-electron chi connectivity index (χ0n) is 12.7. The van der Waals surface area contributed by atoms with Crippen molar-refractivity contribution >= 4 is 34.8 Å². The smallest absolute Gasteiger partial charge is 0.245 e. The lowest BCUT2D eigenvalue weighted by Crippen LogP contribution is -2.81. The van der Waals surface area contributed by atoms with Gasteiger partial charge in [-0.1, -0.05) is 37.0 Å². The van der Waals surface area contributed by atoms with Gasteiger partial charge in [0.15, 0.2) is 0 Å². The molecule has 0 spiro atoms. The van der Waals surface area contributed by atoms with E-state index >= 15 is 0 Å². The van der Waals surface area contributed by atoms with Crippen molar-refractivity contribution in [3.05, 3.63) is 28.2 Å². The Morgan fingerprint density at radius 3 is 2.77 bits per heavy atom. The monoisotopic (exact) mass is 342 g/mol. The molecule has 1 amide bonds. The molecule has 1 aromatic carbocycles. The van der Waals surface area contributed by atoms with Crippen molar-refractivity contribution in [2.75, 3.05) is 11.9 Å². The van der Waals surface area contributed by atoms with E-state index in [1.54, 1.807) is 18.2 Å². The Balaban J connectivity index is 1.83. The molecule has 0 bridgehead atoms. The topological polar surface area (TPSA) is 64.3 Å². The summed E-state index contributed by atoms with van der Waals surface area (Å²) in [5.41, 5.74) is 5.80. The number of halogens is 2. The molecule has 1 aliphatic carbocycles. The van der Waals surface area contributed by atoms with Crippen LogP contribution >= 0.6 is 23.2 Å². The van der Waals surface area contributed by atoms with E-state index < -0.39 is 11.0 Å². The number of nitrogens with one attached hydrogen (secondary N) is 1. The van der Waals surface area contributed by atoms with Crippen LogP contribution in [0.25, 0.3) is 0 Å². The van der Waals surface area contributed by atoms with Gasteiger partial charge >= 0.3 is 0 Å². The van der Waals surface area contributed by atoms with Gasteiger partial charge in [-0.3, -0.25) is 4.79 Å². The number of hydrogen-bond donors (Lipinski definition) is 2. The Labute approximate surface area is 140 Å². The number of nitrogens with two attached hydrogens (primary N) is 1. The molecule has 4 nitrogen and oxygen atoms in total. The second-order valence-electron chi connectivity index (χ2n) is 6.71. The van der Waals surface area contributed by atoms with E-state index in [4.69, 9.17) is 33.7 Å². The quantitative estimate of drug-likeness (QED) is 0.864. The van der Waals surface area contributed by atoms with Crippen LogP contribution < -0.4 is 11.1 Å². The van der Waals surface area contributed by atoms with Crippen LogP contribution in [-0.2, 0) is 9.53 Å². The Morgan fingerprint density at radius 2 is 2.09 bits per heavy atom. The van der Waals surface area contributed by atoms with Gasteiger partial charge in [0.05, 0.1) is 16.1 Å². The third-order valence-electron chi connectivity index (χ3n) is 5.24. The van der Waals surface area contributed by atoms with Gasteiger partial charge in [0.2, 0.25) is 5.91 Å². The van der Waals surface area contributed by atoms with Gasteiger partial charge in [-0.25, -0.2) is 0 Å². The van der Waals surface area contributed by atoms with Crippen molar-refractivity contribution in [1.29, 1.82) is 0 Å². The largest absolute Gasteiger partial charge is 0.377 e. The van der Waals surface area contributed by atoms with E-state index in [-0.39, 0.29) is 17.9 Å². The summed E-state index contributed by atoms with van der Waals surface area (Å²) < 4.78 is 5.82. The first kappa shape index (κ1) is 16.1. The zero-order valence-corrected chi connectivity index (χ0v) is 14.2. The fourth-order valence-electron chi connectivity index (χ4n) is 3.85. The minimum atomic E-state index is -0.940. The molecule has 2 aliphatic rings. The Hall–Kier alpha value is -0.810. The Bertz CT molecular complexity index is 620. The maximum Gasteiger partial charge on any atom is 0.245 e. The highest BCUT2D eigenvalue weighted by molar-refractivity contribution is 6.42. The maximum absolute atomic E-state index is 12.8. The number of amides is 1. The number of fused-ring (bicyclic) bond motifs is 1. The summed E-state index contributed by atoms with van der Waals surface area (Å²) in [4.78, 5) is 12.8. The van der Waals surface area contributed by atoms with Crippen molar-refractivity contribution in [3.8, 4) is 0 Å². The Kier molecular flexibility index (Phi) is 3.92. The van der Waals surface area contributed by atoms with Crippen molar-refractivity contribution in [1.82, 2.24) is 0 Å². The maximum atomic E-state index is 12.8. The molecule has 3 rings (SSSR count). The molecule has 1 saturated carbocycles. The molecule has 3 N–H and O–H groups in total. The van der Waals surface area contributed by atoms with Crippen LogP contribution in [0.3, 0.4) is 0 Å². The van der Waals surface area contributed by atoms with Crippen molar-refractivity contribution < 1.29 is 9.53 Å². The molecule has 6 heteroatoms. The molecular formula is C16H20Cl2N2O2. The van der Waals surface area contributed by atoms with Crippen LogP contribution in [0.2, 0.25) is 10.0 Å². The van der Waals surface area contributed by atoms with Crippen LogP contribution in [0.5, 0.6) is 0 Å². The molecule has 1 heterocycles. The van der Waals surface area contributed by atoms with Gasteiger partial charge in [0.1, 0.15) is 5.54 Å². The third kappa shape index (κ3) is 2.16. The average molecular weight is 343 g/mol. The molecule has 1 aliphatic heterocycles. The van der Waals surface area contributed by atoms with Gasteiger partial charge in [-0.15, -0.1) is 0 Å². The summed E-state index contributed by atoms with van der Waals surface area (Å²) in [5.74, 6) is -0.137. The number of carbonyl (C=O) groups is 1. The van der Waals surface area contributed by atoms with Crippen molar-refractivity contribution in [3.63, 3.8) is 0 Å². The summed E-state index contributed by atoms with van der Waals surface area (Å²) in [7, 11) is 0. The molecular weight excluding hydrogens is 323 g/mol. The van der Waals surface area contributed by atoms with Crippen LogP contribution in [0, 0.1) is 11.3 Å². The highest BCUT2D eigenvalue weighted by Gasteiger charge is 2.70. The summed E-state index contributed by atoms with van der Waals surface area (Å²) in [6, 6.07) is 5.00. The van der Waals surface area contributed by atoms with E-state index in [1.165, 1.54) is 0 Å². The standard InChI is InChI=1S/C16H20Cl2N2O2/c1-15(2)13-10(4-3-7-22-13)16(15,19)14(21)20-9-5-6-11(17)12(18)8-9/h5-6,8,10,13H,3-4,7,19H2,1-2H3,(H,20,21). The Morgan fingerprint density at radius 1 is 1.36 bits per heavy atom. The second kappa shape index (κ2) is 5.38. The number of carbonyl (C=O) groups excluding carboxylic acids is 1. The first-order valence-corrected chi connectivity index (χ1v) is 8.21. The first-order valence-electron chi connectivity index (χ1n) is 7.45. The molecule has 0 aromatic heterocycles. The minimum Gasteiger partial charge on any atom is -0.377 e. The normalized spacial score (nSPS) is 32.8. The lowest BCUT2D eigenvalue weighted by Gasteiger charge is -2.65. The first-order chi connectivity index (χ1) is 10.3. The van der Waals surface area contributed by atoms with Gasteiger partial charge in [-0.05, 0) is 31.0 Å². The molecule has 22 heavy (non-hydrogen) atoms. The summed E-state index contributed by atoms with van der Waals surface area (Å²) >= 11 is 11.9. The summed E-state index contributed by atoms with van der Waals surface area (Å²) in [5, 5.41) is 3.73. The molecule has 3 atom stereocenters. The highest BCUT2D eigenvalue weighted by Crippen LogP contribution is 2.57. The van der Waals surface area contributed by atoms with E-state index in [0.717, 1.165) is 19.4 Å². The molecule has 120 valence electrons. The minimum absolute atomic E-state index is 0.0470. The number of hydrogen-bond acceptors (Lipinski definition) is 3. The average Bonchev–Trinajstić information content (AvgIpc) is 2.50. The van der Waals surface area contributed by atoms with E-state index in [9.17, 15) is 4.79 Å². The summed E-state index contributed by atoms with van der Waals surface area (Å²) in [6.45, 7) is 4.73. The van der Waals surface area contributed by atoms with Crippen molar-refractivity contribution in [2.24, 2.45) is 17.1 Å². The van der Waals surface area contributed by atoms with E-state index in [0.29, 0.717) is 15.7 Å². The molecule has 2 fully saturated rings. The predicted octanol–water partition coefficient (Wildman–Crippen LogP) is 3.46. The van der Waals surface area contributed by atoms with Gasteiger partial charge in [-0.2, -0.15) is 0 Å². The van der Waals surface area contributed by atoms with Crippen molar-refractivity contribution in [2.45, 2.75) is 38.3 Å². The number of anilines is 1.